The summed E-state index contributed by atoms with van der Waals surface area (Å²) < 4.78 is 38.8. The van der Waals surface area contributed by atoms with E-state index in [0.29, 0.717) is 34.2 Å². The van der Waals surface area contributed by atoms with E-state index >= 15 is 0 Å². The molecule has 2 atom stereocenters. The lowest BCUT2D eigenvalue weighted by Crippen LogP contribution is -2.34. The van der Waals surface area contributed by atoms with Crippen molar-refractivity contribution in [1.82, 2.24) is 15.3 Å². The van der Waals surface area contributed by atoms with Crippen LogP contribution in [0.25, 0.3) is 5.57 Å². The Balaban J connectivity index is 1.62. The number of nitrogens with zero attached hydrogens (tertiary/aromatic N) is 3. The van der Waals surface area contributed by atoms with Crippen LogP contribution in [-0.2, 0) is 6.18 Å². The lowest BCUT2D eigenvalue weighted by molar-refractivity contribution is -0.137. The van der Waals surface area contributed by atoms with Gasteiger partial charge in [0.1, 0.15) is 11.6 Å². The number of alkyl halides is 3. The first kappa shape index (κ1) is 23.2. The van der Waals surface area contributed by atoms with E-state index in [1.807, 2.05) is 0 Å². The van der Waals surface area contributed by atoms with Crippen molar-refractivity contribution in [1.29, 1.82) is 0 Å². The Labute approximate surface area is 193 Å². The summed E-state index contributed by atoms with van der Waals surface area (Å²) >= 11 is 0. The van der Waals surface area contributed by atoms with Crippen molar-refractivity contribution in [3.8, 4) is 0 Å². The number of pyridine rings is 2. The zero-order valence-electron chi connectivity index (χ0n) is 18.3. The number of hydrogen-bond donors (Lipinski definition) is 3. The molecule has 1 unspecified atom stereocenters. The van der Waals surface area contributed by atoms with Crippen molar-refractivity contribution >= 4 is 28.8 Å². The summed E-state index contributed by atoms with van der Waals surface area (Å²) in [7, 11) is 0. The molecule has 0 radical (unpaired) electrons. The van der Waals surface area contributed by atoms with Gasteiger partial charge in [-0.25, -0.2) is 9.97 Å². The van der Waals surface area contributed by atoms with Gasteiger partial charge >= 0.3 is 6.18 Å². The molecule has 1 aromatic carbocycles. The van der Waals surface area contributed by atoms with Crippen LogP contribution in [0, 0.1) is 0 Å². The Hall–Kier alpha value is -3.92. The third-order valence-corrected chi connectivity index (χ3v) is 5.50. The maximum Gasteiger partial charge on any atom is 0.416 e. The first-order valence-electron chi connectivity index (χ1n) is 10.4. The quantitative estimate of drug-likeness (QED) is 0.522. The highest BCUT2D eigenvalue weighted by Crippen LogP contribution is 2.38. The van der Waals surface area contributed by atoms with Crippen molar-refractivity contribution in [2.75, 3.05) is 10.6 Å². The molecule has 2 aromatic heterocycles. The molecule has 34 heavy (non-hydrogen) atoms. The minimum atomic E-state index is -4.47. The maximum absolute atomic E-state index is 12.9. The average molecular weight is 469 g/mol. The second-order valence-electron chi connectivity index (χ2n) is 7.96. The number of aliphatic hydroxyl groups excluding tert-OH is 1. The monoisotopic (exact) mass is 469 g/mol. The van der Waals surface area contributed by atoms with E-state index in [0.717, 1.165) is 12.1 Å². The first-order chi connectivity index (χ1) is 16.0. The van der Waals surface area contributed by atoms with Crippen LogP contribution in [0.1, 0.15) is 47.1 Å². The molecular weight excluding hydrogens is 447 g/mol. The second kappa shape index (κ2) is 8.79. The zero-order chi connectivity index (χ0) is 24.6. The van der Waals surface area contributed by atoms with Gasteiger partial charge in [0.2, 0.25) is 0 Å². The van der Waals surface area contributed by atoms with Crippen LogP contribution >= 0.6 is 0 Å². The fourth-order valence-corrected chi connectivity index (χ4v) is 3.73. The molecule has 1 aliphatic heterocycles. The van der Waals surface area contributed by atoms with Crippen molar-refractivity contribution in [2.45, 2.75) is 32.3 Å². The van der Waals surface area contributed by atoms with Crippen LogP contribution in [0.4, 0.5) is 30.5 Å². The molecule has 0 spiro atoms. The molecule has 0 saturated heterocycles. The highest BCUT2D eigenvalue weighted by Gasteiger charge is 2.32. The molecule has 3 aromatic rings. The van der Waals surface area contributed by atoms with E-state index in [-0.39, 0.29) is 11.5 Å². The SMILES string of the molecule is CC1=CC(O)N(c2ccc(C(F)(F)F)cc2)c2ncc(C(=O)N[C@@H](C)c3cccc(N)n3)cc21. The third-order valence-electron chi connectivity index (χ3n) is 5.50. The van der Waals surface area contributed by atoms with Gasteiger partial charge in [-0.05, 0) is 68.0 Å². The second-order valence-corrected chi connectivity index (χ2v) is 7.96. The van der Waals surface area contributed by atoms with Crippen LogP contribution in [0.2, 0.25) is 0 Å². The molecular formula is C24H22F3N5O2. The molecule has 0 bridgehead atoms. The molecule has 1 aliphatic rings. The van der Waals surface area contributed by atoms with Gasteiger partial charge in [-0.2, -0.15) is 13.2 Å². The number of aromatic nitrogens is 2. The number of halogens is 3. The lowest BCUT2D eigenvalue weighted by Gasteiger charge is -2.33. The third kappa shape index (κ3) is 4.58. The van der Waals surface area contributed by atoms with Crippen molar-refractivity contribution in [2.24, 2.45) is 0 Å². The molecule has 0 aliphatic carbocycles. The van der Waals surface area contributed by atoms with Gasteiger partial charge in [0.25, 0.3) is 5.91 Å². The van der Waals surface area contributed by atoms with E-state index < -0.39 is 24.0 Å². The minimum Gasteiger partial charge on any atom is -0.384 e. The van der Waals surface area contributed by atoms with Crippen LogP contribution in [-0.4, -0.2) is 27.2 Å². The molecule has 1 amide bonds. The van der Waals surface area contributed by atoms with Crippen molar-refractivity contribution in [3.63, 3.8) is 0 Å². The molecule has 0 saturated carbocycles. The number of allylic oxidation sites excluding steroid dienone is 1. The van der Waals surface area contributed by atoms with Gasteiger partial charge in [-0.1, -0.05) is 6.07 Å². The number of nitrogen functional groups attached to an aromatic ring is 1. The molecule has 0 fully saturated rings. The van der Waals surface area contributed by atoms with Crippen molar-refractivity contribution in [3.05, 3.63) is 83.2 Å². The highest BCUT2D eigenvalue weighted by molar-refractivity contribution is 5.96. The minimum absolute atomic E-state index is 0.283. The Bertz CT molecular complexity index is 1260. The largest absolute Gasteiger partial charge is 0.416 e. The Kier molecular flexibility index (Phi) is 6.01. The number of hydrogen-bond acceptors (Lipinski definition) is 6. The highest BCUT2D eigenvalue weighted by atomic mass is 19.4. The van der Waals surface area contributed by atoms with Gasteiger partial charge < -0.3 is 16.2 Å². The summed E-state index contributed by atoms with van der Waals surface area (Å²) in [6.45, 7) is 3.54. The lowest BCUT2D eigenvalue weighted by atomic mass is 10.00. The number of aliphatic hydroxyl groups is 1. The summed E-state index contributed by atoms with van der Waals surface area (Å²) in [4.78, 5) is 22.8. The van der Waals surface area contributed by atoms with Gasteiger partial charge in [0, 0.05) is 17.4 Å². The summed E-state index contributed by atoms with van der Waals surface area (Å²) in [6, 6.07) is 10.8. The molecule has 10 heteroatoms. The molecule has 4 N–H and O–H groups in total. The van der Waals surface area contributed by atoms with Crippen LogP contribution in [0.3, 0.4) is 0 Å². The predicted octanol–water partition coefficient (Wildman–Crippen LogP) is 4.44. The van der Waals surface area contributed by atoms with Gasteiger partial charge in [0.05, 0.1) is 22.9 Å². The maximum atomic E-state index is 12.9. The number of nitrogens with two attached hydrogens (primary N) is 1. The van der Waals surface area contributed by atoms with Crippen LogP contribution in [0.15, 0.2) is 60.8 Å². The summed E-state index contributed by atoms with van der Waals surface area (Å²) in [6.07, 6.45) is -2.70. The number of benzene rings is 1. The zero-order valence-corrected chi connectivity index (χ0v) is 18.3. The Morgan fingerprint density at radius 1 is 1.21 bits per heavy atom. The smallest absolute Gasteiger partial charge is 0.384 e. The van der Waals surface area contributed by atoms with E-state index in [1.54, 1.807) is 44.2 Å². The van der Waals surface area contributed by atoms with Crippen LogP contribution < -0.4 is 16.0 Å². The van der Waals surface area contributed by atoms with Gasteiger partial charge in [-0.3, -0.25) is 9.69 Å². The number of anilines is 3. The fourth-order valence-electron chi connectivity index (χ4n) is 3.73. The number of amides is 1. The predicted molar refractivity (Wildman–Crippen MR) is 122 cm³/mol. The van der Waals surface area contributed by atoms with Crippen LogP contribution in [0.5, 0.6) is 0 Å². The Morgan fingerprint density at radius 2 is 1.91 bits per heavy atom. The molecule has 176 valence electrons. The standard InChI is InChI=1S/C24H22F3N5O2/c1-13-10-21(33)32(17-8-6-16(7-9-17)24(25,26)27)22-18(13)11-15(12-29-22)23(34)30-14(2)19-4-3-5-20(28)31-19/h3-12,14,21,33H,1-2H3,(H2,28,31)(H,30,34)/t14-,21?/m0/s1. The number of carbonyl (C=O) groups excluding carboxylic acids is 1. The number of nitrogens with one attached hydrogen (secondary N) is 1. The molecule has 4 rings (SSSR count). The van der Waals surface area contributed by atoms with Gasteiger partial charge in [0.15, 0.2) is 6.23 Å². The van der Waals surface area contributed by atoms with Crippen molar-refractivity contribution < 1.29 is 23.1 Å². The number of carbonyl (C=O) groups is 1. The van der Waals surface area contributed by atoms with Gasteiger partial charge in [-0.15, -0.1) is 0 Å². The number of rotatable bonds is 4. The van der Waals surface area contributed by atoms with E-state index in [2.05, 4.69) is 15.3 Å². The summed E-state index contributed by atoms with van der Waals surface area (Å²) in [5.74, 6) is 0.290. The fraction of sp³-hybridized carbons (Fsp3) is 0.208. The number of fused-ring (bicyclic) bond motifs is 1. The topological polar surface area (TPSA) is 104 Å². The average Bonchev–Trinajstić information content (AvgIpc) is 2.78. The summed E-state index contributed by atoms with van der Waals surface area (Å²) in [5.41, 5.74) is 7.39. The normalized spacial score (nSPS) is 16.5. The molecule has 3 heterocycles. The first-order valence-corrected chi connectivity index (χ1v) is 10.4. The summed E-state index contributed by atoms with van der Waals surface area (Å²) in [5, 5.41) is 13.5. The molecule has 7 nitrogen and oxygen atoms in total. The van der Waals surface area contributed by atoms with E-state index in [9.17, 15) is 23.1 Å². The Morgan fingerprint density at radius 3 is 2.56 bits per heavy atom. The van der Waals surface area contributed by atoms with E-state index in [1.165, 1.54) is 23.2 Å². The van der Waals surface area contributed by atoms with E-state index in [4.69, 9.17) is 5.73 Å².